The Balaban J connectivity index is 2.15. The molecule has 1 aliphatic carbocycles. The van der Waals surface area contributed by atoms with Crippen LogP contribution in [0.3, 0.4) is 0 Å². The summed E-state index contributed by atoms with van der Waals surface area (Å²) in [6.07, 6.45) is 2.98. The molecule has 1 aromatic carbocycles. The maximum atomic E-state index is 12.2. The van der Waals surface area contributed by atoms with Crippen LogP contribution in [0, 0.1) is 23.0 Å². The van der Waals surface area contributed by atoms with Crippen molar-refractivity contribution in [2.45, 2.75) is 32.2 Å². The molecule has 0 aromatic heterocycles. The Labute approximate surface area is 122 Å². The number of alkyl halides is 1. The van der Waals surface area contributed by atoms with E-state index in [1.165, 1.54) is 12.1 Å². The highest BCUT2D eigenvalue weighted by molar-refractivity contribution is 6.18. The van der Waals surface area contributed by atoms with Crippen molar-refractivity contribution in [3.63, 3.8) is 0 Å². The summed E-state index contributed by atoms with van der Waals surface area (Å²) in [5.41, 5.74) is 0.969. The highest BCUT2D eigenvalue weighted by Gasteiger charge is 2.28. The van der Waals surface area contributed by atoms with Crippen molar-refractivity contribution in [2.75, 3.05) is 5.88 Å². The molecule has 1 fully saturated rings. The van der Waals surface area contributed by atoms with Gasteiger partial charge in [-0.05, 0) is 37.3 Å². The number of non-ortho nitro benzene ring substituents is 1. The Kier molecular flexibility index (Phi) is 4.60. The van der Waals surface area contributed by atoms with Gasteiger partial charge in [0.05, 0.1) is 4.92 Å². The van der Waals surface area contributed by atoms with Gasteiger partial charge < -0.3 is 5.32 Å². The minimum atomic E-state index is -0.485. The lowest BCUT2D eigenvalue weighted by Gasteiger charge is -2.18. The lowest BCUT2D eigenvalue weighted by Crippen LogP contribution is -2.38. The van der Waals surface area contributed by atoms with Crippen LogP contribution in [0.1, 0.15) is 35.2 Å². The van der Waals surface area contributed by atoms with Gasteiger partial charge in [-0.2, -0.15) is 0 Å². The smallest absolute Gasteiger partial charge is 0.270 e. The number of aryl methyl sites for hydroxylation is 1. The first-order valence-corrected chi connectivity index (χ1v) is 7.17. The summed E-state index contributed by atoms with van der Waals surface area (Å²) in [5, 5.41) is 13.8. The zero-order valence-electron chi connectivity index (χ0n) is 11.3. The first kappa shape index (κ1) is 14.8. The maximum Gasteiger partial charge on any atom is 0.270 e. The highest BCUT2D eigenvalue weighted by atomic mass is 35.5. The number of rotatable bonds is 4. The Hall–Kier alpha value is -1.62. The number of nitro benzene ring substituents is 1. The molecule has 6 heteroatoms. The molecule has 1 saturated carbocycles. The van der Waals surface area contributed by atoms with Crippen LogP contribution < -0.4 is 5.32 Å². The maximum absolute atomic E-state index is 12.2. The number of hydrogen-bond acceptors (Lipinski definition) is 3. The second kappa shape index (κ2) is 6.22. The molecule has 2 atom stereocenters. The van der Waals surface area contributed by atoms with Gasteiger partial charge in [0.1, 0.15) is 0 Å². The number of carbonyl (C=O) groups is 1. The first-order chi connectivity index (χ1) is 9.51. The molecule has 108 valence electrons. The van der Waals surface area contributed by atoms with Gasteiger partial charge in [0.2, 0.25) is 0 Å². The van der Waals surface area contributed by atoms with Crippen molar-refractivity contribution in [3.8, 4) is 0 Å². The largest absolute Gasteiger partial charge is 0.349 e. The molecular formula is C14H17ClN2O3. The van der Waals surface area contributed by atoms with Crippen molar-refractivity contribution in [1.82, 2.24) is 5.32 Å². The quantitative estimate of drug-likeness (QED) is 0.527. The Morgan fingerprint density at radius 3 is 2.85 bits per heavy atom. The van der Waals surface area contributed by atoms with Crippen LogP contribution >= 0.6 is 11.6 Å². The summed E-state index contributed by atoms with van der Waals surface area (Å²) in [7, 11) is 0. The molecule has 1 amide bonds. The highest BCUT2D eigenvalue weighted by Crippen LogP contribution is 2.27. The molecule has 1 aliphatic rings. The summed E-state index contributed by atoms with van der Waals surface area (Å²) in [5.74, 6) is 0.554. The van der Waals surface area contributed by atoms with Gasteiger partial charge in [-0.25, -0.2) is 0 Å². The second-order valence-corrected chi connectivity index (χ2v) is 5.55. The second-order valence-electron chi connectivity index (χ2n) is 5.24. The molecule has 0 heterocycles. The molecule has 2 unspecified atom stereocenters. The van der Waals surface area contributed by atoms with Crippen LogP contribution in [-0.4, -0.2) is 22.8 Å². The van der Waals surface area contributed by atoms with Crippen molar-refractivity contribution < 1.29 is 9.72 Å². The minimum Gasteiger partial charge on any atom is -0.349 e. The van der Waals surface area contributed by atoms with Crippen LogP contribution in [0.2, 0.25) is 0 Å². The van der Waals surface area contributed by atoms with E-state index in [0.29, 0.717) is 22.9 Å². The molecule has 20 heavy (non-hydrogen) atoms. The van der Waals surface area contributed by atoms with Gasteiger partial charge in [-0.3, -0.25) is 14.9 Å². The van der Waals surface area contributed by atoms with Crippen molar-refractivity contribution >= 4 is 23.2 Å². The number of nitro groups is 1. The van der Waals surface area contributed by atoms with Crippen molar-refractivity contribution in [1.29, 1.82) is 0 Å². The lowest BCUT2D eigenvalue weighted by molar-refractivity contribution is -0.384. The number of carbonyl (C=O) groups excluding carboxylic acids is 1. The van der Waals surface area contributed by atoms with Gasteiger partial charge in [0, 0.05) is 29.6 Å². The lowest BCUT2D eigenvalue weighted by atomic mass is 10.0. The number of halogens is 1. The molecule has 0 spiro atoms. The van der Waals surface area contributed by atoms with Crippen LogP contribution in [0.25, 0.3) is 0 Å². The number of amides is 1. The Morgan fingerprint density at radius 2 is 2.20 bits per heavy atom. The summed E-state index contributed by atoms with van der Waals surface area (Å²) >= 11 is 5.88. The third-order valence-electron chi connectivity index (χ3n) is 3.71. The third-order valence-corrected chi connectivity index (χ3v) is 4.11. The number of nitrogens with zero attached hydrogens (tertiary/aromatic N) is 1. The first-order valence-electron chi connectivity index (χ1n) is 6.64. The number of hydrogen-bond donors (Lipinski definition) is 1. The van der Waals surface area contributed by atoms with E-state index < -0.39 is 4.92 Å². The van der Waals surface area contributed by atoms with E-state index in [1.807, 2.05) is 0 Å². The number of nitrogens with one attached hydrogen (secondary N) is 1. The summed E-state index contributed by atoms with van der Waals surface area (Å²) in [6.45, 7) is 1.74. The molecule has 5 nitrogen and oxygen atoms in total. The molecule has 0 radical (unpaired) electrons. The normalized spacial score (nSPS) is 21.7. The fourth-order valence-electron chi connectivity index (χ4n) is 2.66. The van der Waals surface area contributed by atoms with Gasteiger partial charge in [0.25, 0.3) is 11.6 Å². The monoisotopic (exact) mass is 296 g/mol. The zero-order chi connectivity index (χ0) is 14.7. The van der Waals surface area contributed by atoms with E-state index in [9.17, 15) is 14.9 Å². The molecule has 2 rings (SSSR count). The van der Waals surface area contributed by atoms with Crippen LogP contribution in [0.5, 0.6) is 0 Å². The minimum absolute atomic E-state index is 0.0598. The summed E-state index contributed by atoms with van der Waals surface area (Å²) in [6, 6.07) is 4.49. The van der Waals surface area contributed by atoms with Crippen molar-refractivity contribution in [2.24, 2.45) is 5.92 Å². The van der Waals surface area contributed by atoms with Crippen LogP contribution in [-0.2, 0) is 0 Å². The van der Waals surface area contributed by atoms with E-state index in [1.54, 1.807) is 13.0 Å². The molecular weight excluding hydrogens is 280 g/mol. The standard InChI is InChI=1S/C14H17ClN2O3/c1-9-5-11(7-12(6-9)17(19)20)14(18)16-13-4-2-3-10(13)8-15/h5-7,10,13H,2-4,8H2,1H3,(H,16,18). The fraction of sp³-hybridized carbons (Fsp3) is 0.500. The average molecular weight is 297 g/mol. The summed E-state index contributed by atoms with van der Waals surface area (Å²) in [4.78, 5) is 22.6. The van der Waals surface area contributed by atoms with Gasteiger partial charge in [-0.15, -0.1) is 11.6 Å². The topological polar surface area (TPSA) is 72.2 Å². The molecule has 0 bridgehead atoms. The molecule has 1 N–H and O–H groups in total. The van der Waals surface area contributed by atoms with E-state index in [-0.39, 0.29) is 17.6 Å². The van der Waals surface area contributed by atoms with Gasteiger partial charge >= 0.3 is 0 Å². The third kappa shape index (κ3) is 3.28. The van der Waals surface area contributed by atoms with Crippen LogP contribution in [0.4, 0.5) is 5.69 Å². The van der Waals surface area contributed by atoms with Gasteiger partial charge in [0.15, 0.2) is 0 Å². The van der Waals surface area contributed by atoms with E-state index in [4.69, 9.17) is 11.6 Å². The fourth-order valence-corrected chi connectivity index (χ4v) is 3.03. The predicted molar refractivity (Wildman–Crippen MR) is 77.1 cm³/mol. The van der Waals surface area contributed by atoms with E-state index in [0.717, 1.165) is 19.3 Å². The summed E-state index contributed by atoms with van der Waals surface area (Å²) < 4.78 is 0. The Morgan fingerprint density at radius 1 is 1.45 bits per heavy atom. The average Bonchev–Trinajstić information content (AvgIpc) is 2.85. The van der Waals surface area contributed by atoms with E-state index >= 15 is 0 Å². The van der Waals surface area contributed by atoms with E-state index in [2.05, 4.69) is 5.32 Å². The zero-order valence-corrected chi connectivity index (χ0v) is 12.0. The predicted octanol–water partition coefficient (Wildman–Crippen LogP) is 3.04. The Bertz CT molecular complexity index is 533. The number of benzene rings is 1. The SMILES string of the molecule is Cc1cc(C(=O)NC2CCCC2CCl)cc([N+](=O)[O-])c1. The van der Waals surface area contributed by atoms with Gasteiger partial charge in [-0.1, -0.05) is 6.42 Å². The van der Waals surface area contributed by atoms with Crippen molar-refractivity contribution in [3.05, 3.63) is 39.4 Å². The van der Waals surface area contributed by atoms with Crippen LogP contribution in [0.15, 0.2) is 18.2 Å². The molecule has 0 saturated heterocycles. The molecule has 1 aromatic rings. The molecule has 0 aliphatic heterocycles.